The predicted molar refractivity (Wildman–Crippen MR) is 79.8 cm³/mol. The van der Waals surface area contributed by atoms with Crippen LogP contribution in [0, 0.1) is 0 Å². The van der Waals surface area contributed by atoms with E-state index >= 15 is 0 Å². The van der Waals surface area contributed by atoms with Crippen LogP contribution in [0.1, 0.15) is 15.6 Å². The minimum absolute atomic E-state index is 0.191. The molecular weight excluding hydrogens is 314 g/mol. The number of fused-ring (bicyclic) bond motifs is 1. The van der Waals surface area contributed by atoms with Crippen molar-refractivity contribution in [2.24, 2.45) is 0 Å². The summed E-state index contributed by atoms with van der Waals surface area (Å²) >= 11 is 7.15. The van der Waals surface area contributed by atoms with Crippen LogP contribution in [0.15, 0.2) is 28.7 Å². The summed E-state index contributed by atoms with van der Waals surface area (Å²) in [6.45, 7) is 0.358. The van der Waals surface area contributed by atoms with E-state index < -0.39 is 0 Å². The molecule has 2 heterocycles. The maximum absolute atomic E-state index is 12.1. The van der Waals surface area contributed by atoms with Crippen LogP contribution in [-0.4, -0.2) is 23.2 Å². The molecule has 1 amide bonds. The third-order valence-electron chi connectivity index (χ3n) is 2.66. The predicted octanol–water partition coefficient (Wildman–Crippen LogP) is 3.34. The molecule has 6 nitrogen and oxygen atoms in total. The summed E-state index contributed by atoms with van der Waals surface area (Å²) in [7, 11) is 1.57. The molecule has 21 heavy (non-hydrogen) atoms. The molecule has 2 aromatic heterocycles. The van der Waals surface area contributed by atoms with E-state index in [0.29, 0.717) is 27.4 Å². The summed E-state index contributed by atoms with van der Waals surface area (Å²) in [5, 5.41) is 12.8. The number of ether oxygens (including phenoxy) is 1. The van der Waals surface area contributed by atoms with Crippen LogP contribution in [0.5, 0.6) is 0 Å². The zero-order valence-corrected chi connectivity index (χ0v) is 12.5. The number of hydrogen-bond acceptors (Lipinski definition) is 6. The first kappa shape index (κ1) is 14.0. The van der Waals surface area contributed by atoms with Crippen LogP contribution in [-0.2, 0) is 11.3 Å². The summed E-state index contributed by atoms with van der Waals surface area (Å²) in [4.78, 5) is 12.1. The Morgan fingerprint density at radius 3 is 3.10 bits per heavy atom. The minimum Gasteiger partial charge on any atom is -0.451 e. The van der Waals surface area contributed by atoms with Gasteiger partial charge >= 0.3 is 0 Å². The normalized spacial score (nSPS) is 11.0. The van der Waals surface area contributed by atoms with Gasteiger partial charge < -0.3 is 9.15 Å². The number of methoxy groups -OCH3 is 1. The second-order valence-electron chi connectivity index (χ2n) is 4.18. The Hall–Kier alpha value is -1.96. The first-order chi connectivity index (χ1) is 10.2. The van der Waals surface area contributed by atoms with Gasteiger partial charge in [0.2, 0.25) is 5.13 Å². The van der Waals surface area contributed by atoms with Gasteiger partial charge in [0.25, 0.3) is 5.91 Å². The third kappa shape index (κ3) is 3.05. The highest BCUT2D eigenvalue weighted by atomic mass is 35.5. The molecule has 0 aliphatic rings. The van der Waals surface area contributed by atoms with Gasteiger partial charge in [-0.15, -0.1) is 10.2 Å². The maximum atomic E-state index is 12.1. The van der Waals surface area contributed by atoms with Crippen LogP contribution in [0.2, 0.25) is 5.02 Å². The molecular formula is C13H10ClN3O3S. The standard InChI is InChI=1S/C13H10ClN3O3S/c1-19-6-11-16-17-13(21-11)15-12(18)10-5-7-4-8(14)2-3-9(7)20-10/h2-5H,6H2,1H3,(H,15,17,18). The van der Waals surface area contributed by atoms with Gasteiger partial charge in [0.1, 0.15) is 17.2 Å². The lowest BCUT2D eigenvalue weighted by Gasteiger charge is -1.95. The molecule has 0 radical (unpaired) electrons. The van der Waals surface area contributed by atoms with E-state index in [-0.39, 0.29) is 11.7 Å². The molecule has 0 saturated carbocycles. The lowest BCUT2D eigenvalue weighted by molar-refractivity contribution is 0.0998. The number of benzene rings is 1. The first-order valence-electron chi connectivity index (χ1n) is 5.97. The molecule has 0 spiro atoms. The van der Waals surface area contributed by atoms with Gasteiger partial charge in [0.05, 0.1) is 0 Å². The number of amides is 1. The highest BCUT2D eigenvalue weighted by Gasteiger charge is 2.15. The van der Waals surface area contributed by atoms with Crippen molar-refractivity contribution in [2.45, 2.75) is 6.61 Å². The Labute approximate surface area is 128 Å². The van der Waals surface area contributed by atoms with Crippen LogP contribution < -0.4 is 5.32 Å². The lowest BCUT2D eigenvalue weighted by atomic mass is 10.2. The smallest absolute Gasteiger partial charge is 0.293 e. The van der Waals surface area contributed by atoms with Crippen LogP contribution in [0.25, 0.3) is 11.0 Å². The van der Waals surface area contributed by atoms with Gasteiger partial charge in [-0.3, -0.25) is 10.1 Å². The fourth-order valence-electron chi connectivity index (χ4n) is 1.77. The highest BCUT2D eigenvalue weighted by molar-refractivity contribution is 7.15. The Morgan fingerprint density at radius 1 is 1.43 bits per heavy atom. The molecule has 8 heteroatoms. The van der Waals surface area contributed by atoms with Crippen molar-refractivity contribution in [1.82, 2.24) is 10.2 Å². The molecule has 3 rings (SSSR count). The molecule has 0 bridgehead atoms. The second kappa shape index (κ2) is 5.80. The molecule has 0 fully saturated rings. The number of hydrogen-bond donors (Lipinski definition) is 1. The van der Waals surface area contributed by atoms with Crippen molar-refractivity contribution in [2.75, 3.05) is 12.4 Å². The fraction of sp³-hybridized carbons (Fsp3) is 0.154. The van der Waals surface area contributed by atoms with Gasteiger partial charge in [-0.2, -0.15) is 0 Å². The lowest BCUT2D eigenvalue weighted by Crippen LogP contribution is -2.10. The number of aromatic nitrogens is 2. The zero-order valence-electron chi connectivity index (χ0n) is 10.9. The van der Waals surface area contributed by atoms with E-state index in [4.69, 9.17) is 20.8 Å². The van der Waals surface area contributed by atoms with Crippen LogP contribution in [0.4, 0.5) is 5.13 Å². The number of halogens is 1. The van der Waals surface area contributed by atoms with E-state index in [9.17, 15) is 4.79 Å². The van der Waals surface area contributed by atoms with Gasteiger partial charge in [0, 0.05) is 17.5 Å². The Balaban J connectivity index is 1.79. The number of anilines is 1. The van der Waals surface area contributed by atoms with Gasteiger partial charge in [0.15, 0.2) is 5.76 Å². The van der Waals surface area contributed by atoms with E-state index in [0.717, 1.165) is 5.39 Å². The molecule has 108 valence electrons. The number of furan rings is 1. The molecule has 0 aliphatic carbocycles. The summed E-state index contributed by atoms with van der Waals surface area (Å²) < 4.78 is 10.4. The fourth-order valence-corrected chi connectivity index (χ4v) is 2.66. The number of carbonyl (C=O) groups is 1. The molecule has 0 saturated heterocycles. The topological polar surface area (TPSA) is 77.3 Å². The van der Waals surface area contributed by atoms with E-state index in [2.05, 4.69) is 15.5 Å². The highest BCUT2D eigenvalue weighted by Crippen LogP contribution is 2.24. The average molecular weight is 324 g/mol. The van der Waals surface area contributed by atoms with Gasteiger partial charge in [-0.05, 0) is 24.3 Å². The molecule has 1 N–H and O–H groups in total. The molecule has 3 aromatic rings. The molecule has 1 aromatic carbocycles. The van der Waals surface area contributed by atoms with Crippen molar-refractivity contribution in [3.63, 3.8) is 0 Å². The maximum Gasteiger partial charge on any atom is 0.293 e. The third-order valence-corrected chi connectivity index (χ3v) is 3.70. The molecule has 0 unspecified atom stereocenters. The Bertz CT molecular complexity index is 799. The Morgan fingerprint density at radius 2 is 2.29 bits per heavy atom. The van der Waals surface area contributed by atoms with E-state index in [1.54, 1.807) is 31.4 Å². The number of nitrogens with zero attached hydrogens (tertiary/aromatic N) is 2. The number of carbonyl (C=O) groups excluding carboxylic acids is 1. The van der Waals surface area contributed by atoms with Gasteiger partial charge in [-0.25, -0.2) is 0 Å². The monoisotopic (exact) mass is 323 g/mol. The van der Waals surface area contributed by atoms with Crippen molar-refractivity contribution in [3.05, 3.63) is 40.1 Å². The van der Waals surface area contributed by atoms with Crippen LogP contribution >= 0.6 is 22.9 Å². The van der Waals surface area contributed by atoms with Crippen LogP contribution in [0.3, 0.4) is 0 Å². The summed E-state index contributed by atoms with van der Waals surface area (Å²) in [5.74, 6) is -0.196. The SMILES string of the molecule is COCc1nnc(NC(=O)c2cc3cc(Cl)ccc3o2)s1. The average Bonchev–Trinajstić information content (AvgIpc) is 3.05. The number of rotatable bonds is 4. The summed E-state index contributed by atoms with van der Waals surface area (Å²) in [5.41, 5.74) is 0.599. The minimum atomic E-state index is -0.387. The van der Waals surface area contributed by atoms with Crippen molar-refractivity contribution < 1.29 is 13.9 Å². The molecule has 0 atom stereocenters. The first-order valence-corrected chi connectivity index (χ1v) is 7.17. The Kier molecular flexibility index (Phi) is 3.87. The van der Waals surface area contributed by atoms with Crippen molar-refractivity contribution in [3.8, 4) is 0 Å². The summed E-state index contributed by atoms with van der Waals surface area (Å²) in [6.07, 6.45) is 0. The largest absolute Gasteiger partial charge is 0.451 e. The van der Waals surface area contributed by atoms with E-state index in [1.807, 2.05) is 0 Å². The van der Waals surface area contributed by atoms with Crippen molar-refractivity contribution in [1.29, 1.82) is 0 Å². The molecule has 0 aliphatic heterocycles. The van der Waals surface area contributed by atoms with E-state index in [1.165, 1.54) is 11.3 Å². The zero-order chi connectivity index (χ0) is 14.8. The quantitative estimate of drug-likeness (QED) is 0.796. The number of nitrogens with one attached hydrogen (secondary N) is 1. The summed E-state index contributed by atoms with van der Waals surface area (Å²) in [6, 6.07) is 6.79. The second-order valence-corrected chi connectivity index (χ2v) is 5.68. The van der Waals surface area contributed by atoms with Gasteiger partial charge in [-0.1, -0.05) is 22.9 Å². The van der Waals surface area contributed by atoms with Crippen molar-refractivity contribution >= 4 is 44.9 Å².